The summed E-state index contributed by atoms with van der Waals surface area (Å²) < 4.78 is 17.9. The third-order valence-electron chi connectivity index (χ3n) is 4.16. The summed E-state index contributed by atoms with van der Waals surface area (Å²) in [4.78, 5) is 12.4. The van der Waals surface area contributed by atoms with Crippen LogP contribution in [-0.2, 0) is 11.3 Å². The molecule has 29 heavy (non-hydrogen) atoms. The maximum atomic E-state index is 12.4. The Morgan fingerprint density at radius 1 is 1.00 bits per heavy atom. The molecule has 0 aliphatic heterocycles. The van der Waals surface area contributed by atoms with E-state index in [4.69, 9.17) is 25.8 Å². The first-order valence-electron chi connectivity index (χ1n) is 9.38. The fourth-order valence-corrected chi connectivity index (χ4v) is 3.12. The number of halogens is 1. The topological polar surface area (TPSA) is 62.6 Å². The van der Waals surface area contributed by atoms with E-state index in [0.29, 0.717) is 24.6 Å². The van der Waals surface area contributed by atoms with E-state index in [1.165, 1.54) is 0 Å². The molecule has 0 saturated heterocycles. The zero-order valence-electron chi connectivity index (χ0n) is 16.4. The van der Waals surface area contributed by atoms with Crippen molar-refractivity contribution in [3.63, 3.8) is 0 Å². The fraction of sp³-hybridized carbons (Fsp3) is 0.273. The molecule has 3 aromatic rings. The van der Waals surface area contributed by atoms with Crippen LogP contribution in [0.2, 0.25) is 5.15 Å². The normalized spacial score (nSPS) is 10.6. The van der Waals surface area contributed by atoms with E-state index in [1.54, 1.807) is 23.7 Å². The van der Waals surface area contributed by atoms with Crippen molar-refractivity contribution in [1.82, 2.24) is 9.78 Å². The van der Waals surface area contributed by atoms with Crippen LogP contribution in [0, 0.1) is 6.92 Å². The monoisotopic (exact) mass is 414 g/mol. The molecule has 0 radical (unpaired) electrons. The molecule has 0 atom stereocenters. The summed E-state index contributed by atoms with van der Waals surface area (Å²) in [6.07, 6.45) is 0. The first kappa shape index (κ1) is 20.7. The Balaban J connectivity index is 1.52. The highest BCUT2D eigenvalue weighted by Crippen LogP contribution is 2.22. The summed E-state index contributed by atoms with van der Waals surface area (Å²) in [5.74, 6) is 0.945. The van der Waals surface area contributed by atoms with Crippen LogP contribution in [0.1, 0.15) is 28.5 Å². The number of hydrogen-bond acceptors (Lipinski definition) is 5. The molecule has 0 fully saturated rings. The van der Waals surface area contributed by atoms with E-state index >= 15 is 0 Å². The van der Waals surface area contributed by atoms with Gasteiger partial charge in [-0.1, -0.05) is 41.9 Å². The molecule has 2 aromatic carbocycles. The molecule has 0 saturated carbocycles. The standard InChI is InChI=1S/C22H23ClN2O4/c1-3-27-18-9-11-19(12-10-18)28-13-14-29-22(26)20-16(2)24-25(21(20)23)15-17-7-5-4-6-8-17/h4-12H,3,13-15H2,1-2H3. The smallest absolute Gasteiger partial charge is 0.343 e. The minimum Gasteiger partial charge on any atom is -0.494 e. The maximum Gasteiger partial charge on any atom is 0.343 e. The van der Waals surface area contributed by atoms with Gasteiger partial charge in [-0.2, -0.15) is 5.10 Å². The molecule has 0 amide bonds. The van der Waals surface area contributed by atoms with Crippen molar-refractivity contribution in [2.45, 2.75) is 20.4 Å². The van der Waals surface area contributed by atoms with Crippen molar-refractivity contribution >= 4 is 17.6 Å². The van der Waals surface area contributed by atoms with Crippen molar-refractivity contribution in [3.8, 4) is 11.5 Å². The molecule has 3 rings (SSSR count). The van der Waals surface area contributed by atoms with Gasteiger partial charge in [0.1, 0.15) is 35.4 Å². The zero-order chi connectivity index (χ0) is 20.6. The second kappa shape index (κ2) is 9.98. The second-order valence-corrected chi connectivity index (χ2v) is 6.64. The van der Waals surface area contributed by atoms with Crippen molar-refractivity contribution in [3.05, 3.63) is 76.6 Å². The molecular weight excluding hydrogens is 392 g/mol. The average molecular weight is 415 g/mol. The van der Waals surface area contributed by atoms with E-state index < -0.39 is 5.97 Å². The van der Waals surface area contributed by atoms with Gasteiger partial charge in [-0.15, -0.1) is 0 Å². The summed E-state index contributed by atoms with van der Waals surface area (Å²) >= 11 is 6.38. The average Bonchev–Trinajstić information content (AvgIpc) is 3.00. The van der Waals surface area contributed by atoms with E-state index in [-0.39, 0.29) is 23.9 Å². The van der Waals surface area contributed by atoms with Gasteiger partial charge in [0.2, 0.25) is 0 Å². The van der Waals surface area contributed by atoms with Crippen LogP contribution in [0.5, 0.6) is 11.5 Å². The van der Waals surface area contributed by atoms with Crippen LogP contribution < -0.4 is 9.47 Å². The first-order valence-corrected chi connectivity index (χ1v) is 9.76. The lowest BCUT2D eigenvalue weighted by atomic mass is 10.2. The van der Waals surface area contributed by atoms with Gasteiger partial charge < -0.3 is 14.2 Å². The Bertz CT molecular complexity index is 939. The molecule has 0 N–H and O–H groups in total. The SMILES string of the molecule is CCOc1ccc(OCCOC(=O)c2c(C)nn(Cc3ccccc3)c2Cl)cc1. The third-order valence-corrected chi connectivity index (χ3v) is 4.55. The summed E-state index contributed by atoms with van der Waals surface area (Å²) in [5.41, 5.74) is 1.85. The molecule has 1 aromatic heterocycles. The van der Waals surface area contributed by atoms with Crippen molar-refractivity contribution in [2.24, 2.45) is 0 Å². The number of esters is 1. The Hall–Kier alpha value is -2.99. The van der Waals surface area contributed by atoms with Gasteiger partial charge in [-0.05, 0) is 43.7 Å². The van der Waals surface area contributed by atoms with Crippen LogP contribution in [0.25, 0.3) is 0 Å². The van der Waals surface area contributed by atoms with Gasteiger partial charge in [0.05, 0.1) is 18.8 Å². The molecule has 0 unspecified atom stereocenters. The van der Waals surface area contributed by atoms with Gasteiger partial charge in [0.15, 0.2) is 0 Å². The number of benzene rings is 2. The number of rotatable bonds is 9. The van der Waals surface area contributed by atoms with Crippen LogP contribution >= 0.6 is 11.6 Å². The van der Waals surface area contributed by atoms with Crippen LogP contribution in [0.15, 0.2) is 54.6 Å². The summed E-state index contributed by atoms with van der Waals surface area (Å²) in [7, 11) is 0. The lowest BCUT2D eigenvalue weighted by Crippen LogP contribution is -2.13. The predicted molar refractivity (Wildman–Crippen MR) is 111 cm³/mol. The molecule has 1 heterocycles. The largest absolute Gasteiger partial charge is 0.494 e. The molecule has 6 nitrogen and oxygen atoms in total. The Morgan fingerprint density at radius 3 is 2.31 bits per heavy atom. The third kappa shape index (κ3) is 5.51. The number of ether oxygens (including phenoxy) is 3. The highest BCUT2D eigenvalue weighted by molar-refractivity contribution is 6.32. The van der Waals surface area contributed by atoms with Crippen molar-refractivity contribution in [2.75, 3.05) is 19.8 Å². The number of hydrogen-bond donors (Lipinski definition) is 0. The lowest BCUT2D eigenvalue weighted by molar-refractivity contribution is 0.0449. The molecule has 0 bridgehead atoms. The minimum atomic E-state index is -0.512. The quantitative estimate of drug-likeness (QED) is 0.380. The van der Waals surface area contributed by atoms with Crippen LogP contribution in [0.3, 0.4) is 0 Å². The van der Waals surface area contributed by atoms with Gasteiger partial charge in [0.25, 0.3) is 0 Å². The summed E-state index contributed by atoms with van der Waals surface area (Å²) in [6, 6.07) is 17.1. The highest BCUT2D eigenvalue weighted by atomic mass is 35.5. The van der Waals surface area contributed by atoms with E-state index in [2.05, 4.69) is 5.10 Å². The van der Waals surface area contributed by atoms with E-state index in [9.17, 15) is 4.79 Å². The Morgan fingerprint density at radius 2 is 1.66 bits per heavy atom. The minimum absolute atomic E-state index is 0.103. The number of nitrogens with zero attached hydrogens (tertiary/aromatic N) is 2. The number of aromatic nitrogens is 2. The first-order chi connectivity index (χ1) is 14.1. The molecule has 0 aliphatic carbocycles. The van der Waals surface area contributed by atoms with Crippen LogP contribution in [0.4, 0.5) is 0 Å². The van der Waals surface area contributed by atoms with E-state index in [0.717, 1.165) is 11.3 Å². The zero-order valence-corrected chi connectivity index (χ0v) is 17.2. The second-order valence-electron chi connectivity index (χ2n) is 6.28. The van der Waals surface area contributed by atoms with Crippen molar-refractivity contribution in [1.29, 1.82) is 0 Å². The summed E-state index contributed by atoms with van der Waals surface area (Å²) in [5, 5.41) is 4.63. The number of carbonyl (C=O) groups is 1. The number of aryl methyl sites for hydroxylation is 1. The van der Waals surface area contributed by atoms with Gasteiger partial charge in [-0.3, -0.25) is 0 Å². The molecule has 0 spiro atoms. The molecule has 152 valence electrons. The Kier molecular flexibility index (Phi) is 7.14. The predicted octanol–water partition coefficient (Wildman–Crippen LogP) is 4.53. The van der Waals surface area contributed by atoms with Crippen LogP contribution in [-0.4, -0.2) is 35.6 Å². The molecule has 0 aliphatic rings. The van der Waals surface area contributed by atoms with Gasteiger partial charge >= 0.3 is 5.97 Å². The lowest BCUT2D eigenvalue weighted by Gasteiger charge is -2.08. The highest BCUT2D eigenvalue weighted by Gasteiger charge is 2.21. The summed E-state index contributed by atoms with van der Waals surface area (Å²) in [6.45, 7) is 5.09. The number of carbonyl (C=O) groups excluding carboxylic acids is 1. The van der Waals surface area contributed by atoms with Gasteiger partial charge in [0, 0.05) is 0 Å². The van der Waals surface area contributed by atoms with Gasteiger partial charge in [-0.25, -0.2) is 9.48 Å². The maximum absolute atomic E-state index is 12.4. The van der Waals surface area contributed by atoms with E-state index in [1.807, 2.05) is 49.4 Å². The Labute approximate surface area is 175 Å². The molecular formula is C22H23ClN2O4. The fourth-order valence-electron chi connectivity index (χ4n) is 2.81. The van der Waals surface area contributed by atoms with Crippen molar-refractivity contribution < 1.29 is 19.0 Å². The molecule has 7 heteroatoms.